The Labute approximate surface area is 248 Å². The topological polar surface area (TPSA) is 93.1 Å². The number of hydrogen-bond acceptors (Lipinski definition) is 9. The summed E-state index contributed by atoms with van der Waals surface area (Å²) in [6.45, 7) is 7.56. The Balaban J connectivity index is 1.21. The fourth-order valence-corrected chi connectivity index (χ4v) is 9.52. The molecule has 6 unspecified atom stereocenters. The SMILES string of the molecule is C=CC(=O)N1CCN(C2NC(OCC3CCCN3C)NC3C[C@@]4(CCC32)Cc2c(OC)cccc2S4)CC1CC#N. The Morgan fingerprint density at radius 2 is 2.15 bits per heavy atom. The molecule has 2 N–H and O–H groups in total. The molecule has 1 saturated carbocycles. The number of carbonyl (C=O) groups is 1. The van der Waals surface area contributed by atoms with Gasteiger partial charge in [-0.2, -0.15) is 5.26 Å². The number of likely N-dealkylation sites (N-methyl/N-ethyl adjacent to an activating group) is 1. The predicted octanol–water partition coefficient (Wildman–Crippen LogP) is 2.78. The number of nitriles is 1. The van der Waals surface area contributed by atoms with Gasteiger partial charge in [0.1, 0.15) is 5.75 Å². The summed E-state index contributed by atoms with van der Waals surface area (Å²) in [5.74, 6) is 1.32. The van der Waals surface area contributed by atoms with Crippen LogP contribution in [0.1, 0.15) is 44.1 Å². The Hall–Kier alpha value is -2.13. The number of likely N-dealkylation sites (tertiary alicyclic amines) is 1. The Morgan fingerprint density at radius 1 is 1.27 bits per heavy atom. The van der Waals surface area contributed by atoms with Crippen molar-refractivity contribution >= 4 is 17.7 Å². The van der Waals surface area contributed by atoms with Crippen LogP contribution in [-0.2, 0) is 16.0 Å². The molecule has 1 spiro atoms. The molecule has 6 rings (SSSR count). The summed E-state index contributed by atoms with van der Waals surface area (Å²) in [4.78, 5) is 20.6. The third-order valence-corrected chi connectivity index (χ3v) is 11.6. The van der Waals surface area contributed by atoms with Crippen molar-refractivity contribution in [3.05, 3.63) is 36.4 Å². The van der Waals surface area contributed by atoms with Gasteiger partial charge in [0.25, 0.3) is 0 Å². The first-order chi connectivity index (χ1) is 19.9. The lowest BCUT2D eigenvalue weighted by molar-refractivity contribution is -0.135. The number of piperazine rings is 1. The monoisotopic (exact) mass is 580 g/mol. The van der Waals surface area contributed by atoms with E-state index in [-0.39, 0.29) is 29.2 Å². The van der Waals surface area contributed by atoms with Gasteiger partial charge in [-0.3, -0.25) is 20.3 Å². The maximum Gasteiger partial charge on any atom is 0.246 e. The van der Waals surface area contributed by atoms with E-state index in [1.54, 1.807) is 7.11 Å². The second-order valence-electron chi connectivity index (χ2n) is 12.4. The molecule has 222 valence electrons. The number of thioether (sulfide) groups is 1. The molecule has 41 heavy (non-hydrogen) atoms. The van der Waals surface area contributed by atoms with Crippen LogP contribution in [-0.4, -0.2) is 103 Å². The van der Waals surface area contributed by atoms with E-state index in [9.17, 15) is 10.1 Å². The van der Waals surface area contributed by atoms with Crippen molar-refractivity contribution in [3.8, 4) is 11.8 Å². The molecule has 1 aromatic rings. The summed E-state index contributed by atoms with van der Waals surface area (Å²) in [5.41, 5.74) is 1.35. The van der Waals surface area contributed by atoms with E-state index in [2.05, 4.69) is 58.3 Å². The highest BCUT2D eigenvalue weighted by molar-refractivity contribution is 8.01. The van der Waals surface area contributed by atoms with Crippen LogP contribution in [0.5, 0.6) is 5.75 Å². The van der Waals surface area contributed by atoms with Gasteiger partial charge in [-0.15, -0.1) is 11.8 Å². The maximum atomic E-state index is 12.6. The fraction of sp³-hybridized carbons (Fsp3) is 0.677. The van der Waals surface area contributed by atoms with Crippen molar-refractivity contribution < 1.29 is 14.3 Å². The zero-order chi connectivity index (χ0) is 28.6. The minimum atomic E-state index is -0.240. The van der Waals surface area contributed by atoms with E-state index in [4.69, 9.17) is 9.47 Å². The van der Waals surface area contributed by atoms with Crippen molar-refractivity contribution in [2.75, 3.05) is 46.9 Å². The van der Waals surface area contributed by atoms with Gasteiger partial charge in [0.15, 0.2) is 6.35 Å². The minimum absolute atomic E-state index is 0.0872. The molecular formula is C31H44N6O3S. The second-order valence-corrected chi connectivity index (χ2v) is 13.9. The number of rotatable bonds is 7. The van der Waals surface area contributed by atoms with Crippen LogP contribution in [0, 0.1) is 17.2 Å². The van der Waals surface area contributed by atoms with E-state index in [1.165, 1.54) is 29.4 Å². The standard InChI is InChI=1S/C31H44N6O3S/c1-4-28(38)37-16-15-36(19-21(37)11-13-32)29-23-10-12-31(17-24-26(39-3)8-5-9-27(24)41-31)18-25(23)33-30(34-29)40-20-22-7-6-14-35(22)2/h4-5,8-9,21-23,25,29-30,33-34H,1,6-7,10-12,14-20H2,2-3H3/t21?,22?,23?,25?,29?,30?,31-/m1/s1. The highest BCUT2D eigenvalue weighted by Gasteiger charge is 2.51. The van der Waals surface area contributed by atoms with Crippen LogP contribution in [0.15, 0.2) is 35.7 Å². The van der Waals surface area contributed by atoms with Crippen molar-refractivity contribution in [2.24, 2.45) is 5.92 Å². The predicted molar refractivity (Wildman–Crippen MR) is 159 cm³/mol. The van der Waals surface area contributed by atoms with Crippen LogP contribution in [0.25, 0.3) is 0 Å². The quantitative estimate of drug-likeness (QED) is 0.473. The van der Waals surface area contributed by atoms with E-state index >= 15 is 0 Å². The average Bonchev–Trinajstić information content (AvgIpc) is 3.57. The van der Waals surface area contributed by atoms with Crippen LogP contribution in [0.2, 0.25) is 0 Å². The summed E-state index contributed by atoms with van der Waals surface area (Å²) in [6.07, 6.45) is 8.32. The summed E-state index contributed by atoms with van der Waals surface area (Å²) in [7, 11) is 3.96. The highest BCUT2D eigenvalue weighted by Crippen LogP contribution is 2.56. The first kappa shape index (κ1) is 29.0. The van der Waals surface area contributed by atoms with E-state index < -0.39 is 0 Å². The molecule has 1 aromatic carbocycles. The van der Waals surface area contributed by atoms with Crippen LogP contribution in [0.4, 0.5) is 0 Å². The summed E-state index contributed by atoms with van der Waals surface area (Å²) in [6, 6.07) is 9.36. The van der Waals surface area contributed by atoms with Crippen molar-refractivity contribution in [1.82, 2.24) is 25.3 Å². The maximum absolute atomic E-state index is 12.6. The highest BCUT2D eigenvalue weighted by atomic mass is 32.2. The van der Waals surface area contributed by atoms with Gasteiger partial charge in [0, 0.05) is 52.8 Å². The van der Waals surface area contributed by atoms with Gasteiger partial charge in [-0.25, -0.2) is 0 Å². The van der Waals surface area contributed by atoms with E-state index in [0.29, 0.717) is 44.1 Å². The van der Waals surface area contributed by atoms with Crippen LogP contribution >= 0.6 is 11.8 Å². The second kappa shape index (κ2) is 12.2. The minimum Gasteiger partial charge on any atom is -0.496 e. The molecule has 0 bridgehead atoms. The number of nitrogens with one attached hydrogen (secondary N) is 2. The first-order valence-electron chi connectivity index (χ1n) is 15.2. The van der Waals surface area contributed by atoms with E-state index in [1.807, 2.05) is 16.7 Å². The van der Waals surface area contributed by atoms with E-state index in [0.717, 1.165) is 44.5 Å². The van der Waals surface area contributed by atoms with Crippen molar-refractivity contribution in [3.63, 3.8) is 0 Å². The molecule has 0 radical (unpaired) electrons. The zero-order valence-corrected chi connectivity index (χ0v) is 25.2. The number of benzene rings is 1. The molecule has 0 aromatic heterocycles. The van der Waals surface area contributed by atoms with Gasteiger partial charge >= 0.3 is 0 Å². The number of methoxy groups -OCH3 is 1. The molecule has 4 heterocycles. The molecule has 5 aliphatic rings. The summed E-state index contributed by atoms with van der Waals surface area (Å²) >= 11 is 2.04. The van der Waals surface area contributed by atoms with Crippen LogP contribution < -0.4 is 15.4 Å². The largest absolute Gasteiger partial charge is 0.496 e. The number of amides is 1. The van der Waals surface area contributed by atoms with Gasteiger partial charge in [0.2, 0.25) is 5.91 Å². The molecule has 4 aliphatic heterocycles. The first-order valence-corrected chi connectivity index (χ1v) is 16.0. The molecule has 1 amide bonds. The number of carbonyl (C=O) groups excluding carboxylic acids is 1. The Kier molecular flexibility index (Phi) is 8.64. The summed E-state index contributed by atoms with van der Waals surface area (Å²) in [5, 5.41) is 17.3. The number of ether oxygens (including phenoxy) is 2. The lowest BCUT2D eigenvalue weighted by Crippen LogP contribution is -2.72. The lowest BCUT2D eigenvalue weighted by Gasteiger charge is -2.55. The molecule has 7 atom stereocenters. The van der Waals surface area contributed by atoms with Crippen molar-refractivity contribution in [2.45, 2.75) is 85.2 Å². The average molecular weight is 581 g/mol. The number of nitrogens with zero attached hydrogens (tertiary/aromatic N) is 4. The molecular weight excluding hydrogens is 536 g/mol. The normalized spacial score (nSPS) is 35.6. The fourth-order valence-electron chi connectivity index (χ4n) is 7.91. The lowest BCUT2D eigenvalue weighted by atomic mass is 9.73. The summed E-state index contributed by atoms with van der Waals surface area (Å²) < 4.78 is 12.5. The molecule has 3 saturated heterocycles. The Morgan fingerprint density at radius 3 is 2.90 bits per heavy atom. The molecule has 10 heteroatoms. The third-order valence-electron chi connectivity index (χ3n) is 10.1. The smallest absolute Gasteiger partial charge is 0.246 e. The van der Waals surface area contributed by atoms with Gasteiger partial charge in [-0.05, 0) is 70.3 Å². The molecule has 9 nitrogen and oxygen atoms in total. The third kappa shape index (κ3) is 5.77. The number of hydrogen-bond donors (Lipinski definition) is 2. The number of fused-ring (bicyclic) bond motifs is 2. The van der Waals surface area contributed by atoms with Gasteiger partial charge in [-0.1, -0.05) is 12.6 Å². The zero-order valence-electron chi connectivity index (χ0n) is 24.4. The Bertz CT molecular complexity index is 1180. The molecule has 4 fully saturated rings. The van der Waals surface area contributed by atoms with Gasteiger partial charge in [0.05, 0.1) is 38.4 Å². The molecule has 1 aliphatic carbocycles. The van der Waals surface area contributed by atoms with Crippen LogP contribution in [0.3, 0.4) is 0 Å². The van der Waals surface area contributed by atoms with Crippen molar-refractivity contribution in [1.29, 1.82) is 5.26 Å². The van der Waals surface area contributed by atoms with Gasteiger partial charge < -0.3 is 19.3 Å².